The number of hydrogen-bond donors (Lipinski definition) is 1. The number of fused-ring (bicyclic) bond motifs is 4. The molecule has 3 heterocycles. The van der Waals surface area contributed by atoms with Gasteiger partial charge in [-0.1, -0.05) is 11.6 Å². The van der Waals surface area contributed by atoms with Crippen molar-refractivity contribution >= 4 is 23.4 Å². The number of carbonyl (C=O) groups is 1. The Kier molecular flexibility index (Phi) is 5.48. The highest BCUT2D eigenvalue weighted by Gasteiger charge is 2.52. The zero-order valence-corrected chi connectivity index (χ0v) is 19.3. The number of rotatable bonds is 3. The van der Waals surface area contributed by atoms with E-state index in [1.54, 1.807) is 24.0 Å². The van der Waals surface area contributed by atoms with Gasteiger partial charge in [0.15, 0.2) is 11.5 Å². The second-order valence-electron chi connectivity index (χ2n) is 8.41. The van der Waals surface area contributed by atoms with Crippen LogP contribution >= 0.6 is 11.6 Å². The van der Waals surface area contributed by atoms with Gasteiger partial charge in [-0.15, -0.1) is 0 Å². The van der Waals surface area contributed by atoms with Crippen molar-refractivity contribution in [3.05, 3.63) is 52.5 Å². The Morgan fingerprint density at radius 1 is 1.27 bits per heavy atom. The average Bonchev–Trinajstić information content (AvgIpc) is 3.28. The molecule has 3 aliphatic rings. The molecule has 1 N–H and O–H groups in total. The van der Waals surface area contributed by atoms with Gasteiger partial charge >= 0.3 is 6.09 Å². The van der Waals surface area contributed by atoms with E-state index in [0.29, 0.717) is 49.7 Å². The maximum absolute atomic E-state index is 12.2. The van der Waals surface area contributed by atoms with Crippen molar-refractivity contribution in [2.24, 2.45) is 5.10 Å². The van der Waals surface area contributed by atoms with E-state index in [2.05, 4.69) is 0 Å². The monoisotopic (exact) mass is 471 g/mol. The molecule has 1 atom stereocenters. The van der Waals surface area contributed by atoms with E-state index in [1.807, 2.05) is 29.3 Å². The molecule has 5 rings (SSSR count). The Hall–Kier alpha value is -3.13. The first-order valence-electron chi connectivity index (χ1n) is 11.1. The van der Waals surface area contributed by atoms with Crippen molar-refractivity contribution in [1.29, 1.82) is 0 Å². The molecule has 0 radical (unpaired) electrons. The lowest BCUT2D eigenvalue weighted by Crippen LogP contribution is -2.59. The van der Waals surface area contributed by atoms with Crippen molar-refractivity contribution < 1.29 is 24.1 Å². The minimum Gasteiger partial charge on any atom is -0.504 e. The molecule has 1 fully saturated rings. The maximum atomic E-state index is 12.2. The number of amides is 1. The van der Waals surface area contributed by atoms with Crippen LogP contribution in [0, 0.1) is 0 Å². The van der Waals surface area contributed by atoms with Crippen LogP contribution in [0.1, 0.15) is 43.4 Å². The van der Waals surface area contributed by atoms with Crippen molar-refractivity contribution in [3.63, 3.8) is 0 Å². The van der Waals surface area contributed by atoms with Crippen molar-refractivity contribution in [1.82, 2.24) is 9.91 Å². The number of benzene rings is 2. The van der Waals surface area contributed by atoms with E-state index in [-0.39, 0.29) is 17.9 Å². The number of nitrogens with zero attached hydrogens (tertiary/aromatic N) is 3. The smallest absolute Gasteiger partial charge is 0.409 e. The Labute approximate surface area is 197 Å². The number of ether oxygens (including phenoxy) is 3. The van der Waals surface area contributed by atoms with Crippen LogP contribution in [0.15, 0.2) is 41.5 Å². The summed E-state index contributed by atoms with van der Waals surface area (Å²) in [6.07, 6.45) is 1.56. The molecule has 1 spiro atoms. The summed E-state index contributed by atoms with van der Waals surface area (Å²) in [6, 6.07) is 10.9. The molecule has 1 saturated heterocycles. The van der Waals surface area contributed by atoms with Crippen LogP contribution < -0.4 is 9.47 Å². The lowest BCUT2D eigenvalue weighted by Gasteiger charge is -2.51. The highest BCUT2D eigenvalue weighted by molar-refractivity contribution is 6.30. The van der Waals surface area contributed by atoms with Crippen molar-refractivity contribution in [2.75, 3.05) is 26.8 Å². The van der Waals surface area contributed by atoms with Crippen LogP contribution in [0.5, 0.6) is 17.2 Å². The number of halogens is 1. The molecule has 0 unspecified atom stereocenters. The first kappa shape index (κ1) is 21.7. The SMILES string of the molecule is CCOC(=O)N1CCC2(CC1)Oc1ccc(Cl)cc1[C@H]1CC(c3ccc(O)c(OC)c3)=NN12. The van der Waals surface area contributed by atoms with Crippen molar-refractivity contribution in [2.45, 2.75) is 38.0 Å². The van der Waals surface area contributed by atoms with Gasteiger partial charge in [-0.25, -0.2) is 9.80 Å². The first-order chi connectivity index (χ1) is 15.9. The summed E-state index contributed by atoms with van der Waals surface area (Å²) in [5, 5.41) is 17.7. The molecule has 0 aromatic heterocycles. The Morgan fingerprint density at radius 3 is 2.79 bits per heavy atom. The molecule has 0 bridgehead atoms. The number of phenols is 1. The third-order valence-corrected chi connectivity index (χ3v) is 6.78. The van der Waals surface area contributed by atoms with Crippen LogP contribution in [-0.4, -0.2) is 59.4 Å². The van der Waals surface area contributed by atoms with Gasteiger partial charge in [0.2, 0.25) is 5.72 Å². The highest BCUT2D eigenvalue weighted by Crippen LogP contribution is 2.50. The Morgan fingerprint density at radius 2 is 2.06 bits per heavy atom. The summed E-state index contributed by atoms with van der Waals surface area (Å²) in [4.78, 5) is 14.0. The standard InChI is InChI=1S/C24H26ClN3O5/c1-3-32-23(30)27-10-8-24(9-11-27)28-19(17-13-16(25)5-7-21(17)33-24)14-18(26-28)15-4-6-20(29)22(12-15)31-2/h4-7,12-13,19,29H,3,8-11,14H2,1-2H3/t19-/m1/s1. The molecule has 0 saturated carbocycles. The summed E-state index contributed by atoms with van der Waals surface area (Å²) in [7, 11) is 1.52. The van der Waals surface area contributed by atoms with Crippen LogP contribution in [0.25, 0.3) is 0 Å². The van der Waals surface area contributed by atoms with E-state index in [1.165, 1.54) is 7.11 Å². The lowest BCUT2D eigenvalue weighted by atomic mass is 9.90. The number of piperidine rings is 1. The van der Waals surface area contributed by atoms with Gasteiger partial charge in [0.05, 0.1) is 25.5 Å². The highest BCUT2D eigenvalue weighted by atomic mass is 35.5. The van der Waals surface area contributed by atoms with Gasteiger partial charge in [0, 0.05) is 48.5 Å². The molecule has 0 aliphatic carbocycles. The van der Waals surface area contributed by atoms with Crippen LogP contribution in [0.3, 0.4) is 0 Å². The molecule has 3 aliphatic heterocycles. The maximum Gasteiger partial charge on any atom is 0.409 e. The molecular formula is C24H26ClN3O5. The van der Waals surface area contributed by atoms with Crippen LogP contribution in [-0.2, 0) is 4.74 Å². The second-order valence-corrected chi connectivity index (χ2v) is 8.85. The number of aromatic hydroxyl groups is 1. The van der Waals surface area contributed by atoms with Crippen LogP contribution in [0.2, 0.25) is 5.02 Å². The Bertz CT molecular complexity index is 1110. The molecule has 2 aromatic carbocycles. The van der Waals surface area contributed by atoms with Gasteiger partial charge in [-0.05, 0) is 43.3 Å². The second kappa shape index (κ2) is 8.33. The van der Waals surface area contributed by atoms with Crippen LogP contribution in [0.4, 0.5) is 4.79 Å². The fraction of sp³-hybridized carbons (Fsp3) is 0.417. The first-order valence-corrected chi connectivity index (χ1v) is 11.5. The number of methoxy groups -OCH3 is 1. The molecule has 1 amide bonds. The summed E-state index contributed by atoms with van der Waals surface area (Å²) >= 11 is 6.32. The molecule has 8 nitrogen and oxygen atoms in total. The fourth-order valence-electron chi connectivity index (χ4n) is 4.87. The Balaban J connectivity index is 1.50. The minimum absolute atomic E-state index is 0.0450. The zero-order valence-electron chi connectivity index (χ0n) is 18.6. The van der Waals surface area contributed by atoms with Gasteiger partial charge in [0.1, 0.15) is 5.75 Å². The van der Waals surface area contributed by atoms with E-state index in [0.717, 1.165) is 22.6 Å². The largest absolute Gasteiger partial charge is 0.504 e. The van der Waals surface area contributed by atoms with Gasteiger partial charge in [-0.3, -0.25) is 0 Å². The van der Waals surface area contributed by atoms with Gasteiger partial charge in [0.25, 0.3) is 0 Å². The third kappa shape index (κ3) is 3.72. The summed E-state index contributed by atoms with van der Waals surface area (Å²) < 4.78 is 17.0. The molecule has 174 valence electrons. The topological polar surface area (TPSA) is 83.8 Å². The van der Waals surface area contributed by atoms with E-state index in [9.17, 15) is 9.90 Å². The fourth-order valence-corrected chi connectivity index (χ4v) is 5.05. The van der Waals surface area contributed by atoms with E-state index >= 15 is 0 Å². The average molecular weight is 472 g/mol. The zero-order chi connectivity index (χ0) is 23.2. The summed E-state index contributed by atoms with van der Waals surface area (Å²) in [5.41, 5.74) is 2.08. The lowest BCUT2D eigenvalue weighted by molar-refractivity contribution is -0.147. The molecule has 33 heavy (non-hydrogen) atoms. The van der Waals surface area contributed by atoms with E-state index < -0.39 is 5.72 Å². The molecular weight excluding hydrogens is 446 g/mol. The number of carbonyl (C=O) groups excluding carboxylic acids is 1. The number of phenolic OH excluding ortho intramolecular Hbond substituents is 1. The summed E-state index contributed by atoms with van der Waals surface area (Å²) in [5.74, 6) is 1.28. The number of likely N-dealkylation sites (tertiary alicyclic amines) is 1. The minimum atomic E-state index is -0.669. The van der Waals surface area contributed by atoms with Gasteiger partial charge in [-0.2, -0.15) is 5.10 Å². The van der Waals surface area contributed by atoms with E-state index in [4.69, 9.17) is 30.9 Å². The number of hydrogen-bond acceptors (Lipinski definition) is 7. The predicted octanol–water partition coefficient (Wildman–Crippen LogP) is 4.55. The predicted molar refractivity (Wildman–Crippen MR) is 123 cm³/mol. The normalized spacial score (nSPS) is 20.6. The van der Waals surface area contributed by atoms with Gasteiger partial charge < -0.3 is 24.2 Å². The third-order valence-electron chi connectivity index (χ3n) is 6.54. The molecule has 9 heteroatoms. The quantitative estimate of drug-likeness (QED) is 0.707. The molecule has 2 aromatic rings. The number of hydrazone groups is 1. The van der Waals surface area contributed by atoms with Crippen molar-refractivity contribution in [3.8, 4) is 17.2 Å². The summed E-state index contributed by atoms with van der Waals surface area (Å²) in [6.45, 7) is 3.19.